The second-order valence-electron chi connectivity index (χ2n) is 4.68. The number of ether oxygens (including phenoxy) is 1. The summed E-state index contributed by atoms with van der Waals surface area (Å²) < 4.78 is 5.89. The van der Waals surface area contributed by atoms with Crippen molar-refractivity contribution in [1.29, 1.82) is 0 Å². The van der Waals surface area contributed by atoms with Gasteiger partial charge in [-0.2, -0.15) is 4.98 Å². The molecule has 0 aliphatic rings. The number of aromatic nitrogens is 2. The Bertz CT molecular complexity index is 579. The van der Waals surface area contributed by atoms with Crippen LogP contribution in [0.25, 0.3) is 0 Å². The van der Waals surface area contributed by atoms with Crippen molar-refractivity contribution < 1.29 is 4.74 Å². The largest absolute Gasteiger partial charge is 0.439 e. The zero-order chi connectivity index (χ0) is 14.5. The number of nitrogens with one attached hydrogen (secondary N) is 1. The van der Waals surface area contributed by atoms with Gasteiger partial charge in [0.15, 0.2) is 0 Å². The third kappa shape index (κ3) is 3.26. The molecular weight excluding hydrogens is 250 g/mol. The second-order valence-corrected chi connectivity index (χ2v) is 4.68. The Labute approximate surface area is 120 Å². The standard InChI is InChI=1S/C16H21N3O/c1-5-13-7-9-14(10-8-13)20-16-11(3)15(17-6-2)18-12(4)19-16/h7-10H,5-6H2,1-4H3,(H,17,18,19). The molecule has 0 spiro atoms. The fourth-order valence-electron chi connectivity index (χ4n) is 1.95. The third-order valence-electron chi connectivity index (χ3n) is 3.10. The number of hydrogen-bond donors (Lipinski definition) is 1. The first-order valence-electron chi connectivity index (χ1n) is 7.00. The van der Waals surface area contributed by atoms with E-state index in [1.807, 2.05) is 32.9 Å². The van der Waals surface area contributed by atoms with E-state index in [9.17, 15) is 0 Å². The molecule has 1 aromatic carbocycles. The van der Waals surface area contributed by atoms with Gasteiger partial charge in [0.1, 0.15) is 17.4 Å². The molecular formula is C16H21N3O. The summed E-state index contributed by atoms with van der Waals surface area (Å²) in [4.78, 5) is 8.77. The molecule has 0 unspecified atom stereocenters. The van der Waals surface area contributed by atoms with Crippen LogP contribution < -0.4 is 10.1 Å². The molecule has 0 amide bonds. The van der Waals surface area contributed by atoms with E-state index >= 15 is 0 Å². The van der Waals surface area contributed by atoms with Crippen LogP contribution in [-0.2, 0) is 6.42 Å². The molecule has 0 aliphatic carbocycles. The molecule has 1 heterocycles. The number of anilines is 1. The molecule has 2 aromatic rings. The van der Waals surface area contributed by atoms with E-state index in [0.717, 1.165) is 30.1 Å². The zero-order valence-electron chi connectivity index (χ0n) is 12.5. The van der Waals surface area contributed by atoms with E-state index in [0.29, 0.717) is 11.7 Å². The van der Waals surface area contributed by atoms with E-state index < -0.39 is 0 Å². The zero-order valence-corrected chi connectivity index (χ0v) is 12.5. The van der Waals surface area contributed by atoms with Gasteiger partial charge in [-0.1, -0.05) is 19.1 Å². The molecule has 1 aromatic heterocycles. The van der Waals surface area contributed by atoms with Gasteiger partial charge in [-0.05, 0) is 44.9 Å². The first-order valence-corrected chi connectivity index (χ1v) is 7.00. The van der Waals surface area contributed by atoms with Crippen molar-refractivity contribution in [1.82, 2.24) is 9.97 Å². The normalized spacial score (nSPS) is 10.4. The second kappa shape index (κ2) is 6.37. The van der Waals surface area contributed by atoms with E-state index in [2.05, 4.69) is 34.3 Å². The van der Waals surface area contributed by atoms with Crippen LogP contribution in [0.4, 0.5) is 5.82 Å². The quantitative estimate of drug-likeness (QED) is 0.896. The van der Waals surface area contributed by atoms with Gasteiger partial charge < -0.3 is 10.1 Å². The molecule has 0 atom stereocenters. The summed E-state index contributed by atoms with van der Waals surface area (Å²) in [7, 11) is 0. The van der Waals surface area contributed by atoms with Gasteiger partial charge in [0.25, 0.3) is 0 Å². The lowest BCUT2D eigenvalue weighted by atomic mass is 10.2. The van der Waals surface area contributed by atoms with E-state index in [4.69, 9.17) is 4.74 Å². The Kier molecular flexibility index (Phi) is 4.56. The van der Waals surface area contributed by atoms with E-state index in [1.54, 1.807) is 0 Å². The predicted octanol–water partition coefficient (Wildman–Crippen LogP) is 3.88. The van der Waals surface area contributed by atoms with Crippen molar-refractivity contribution in [2.45, 2.75) is 34.1 Å². The van der Waals surface area contributed by atoms with Crippen LogP contribution in [0.15, 0.2) is 24.3 Å². The number of hydrogen-bond acceptors (Lipinski definition) is 4. The average molecular weight is 271 g/mol. The summed E-state index contributed by atoms with van der Waals surface area (Å²) >= 11 is 0. The molecule has 0 saturated heterocycles. The predicted molar refractivity (Wildman–Crippen MR) is 81.6 cm³/mol. The maximum atomic E-state index is 5.89. The molecule has 1 N–H and O–H groups in total. The van der Waals surface area contributed by atoms with Crippen LogP contribution >= 0.6 is 0 Å². The molecule has 4 heteroatoms. The smallest absolute Gasteiger partial charge is 0.227 e. The highest BCUT2D eigenvalue weighted by molar-refractivity contribution is 5.49. The van der Waals surface area contributed by atoms with E-state index in [-0.39, 0.29) is 0 Å². The van der Waals surface area contributed by atoms with Gasteiger partial charge in [-0.25, -0.2) is 4.98 Å². The number of nitrogens with zero attached hydrogens (tertiary/aromatic N) is 2. The van der Waals surface area contributed by atoms with Gasteiger partial charge >= 0.3 is 0 Å². The highest BCUT2D eigenvalue weighted by Crippen LogP contribution is 2.27. The van der Waals surface area contributed by atoms with Crippen molar-refractivity contribution in [2.24, 2.45) is 0 Å². The highest BCUT2D eigenvalue weighted by atomic mass is 16.5. The van der Waals surface area contributed by atoms with Gasteiger partial charge in [0.2, 0.25) is 5.88 Å². The van der Waals surface area contributed by atoms with Crippen molar-refractivity contribution in [3.05, 3.63) is 41.2 Å². The molecule has 0 fully saturated rings. The number of rotatable bonds is 5. The summed E-state index contributed by atoms with van der Waals surface area (Å²) in [5, 5.41) is 3.23. The molecule has 20 heavy (non-hydrogen) atoms. The highest BCUT2D eigenvalue weighted by Gasteiger charge is 2.10. The fraction of sp³-hybridized carbons (Fsp3) is 0.375. The van der Waals surface area contributed by atoms with Gasteiger partial charge in [-0.3, -0.25) is 0 Å². The summed E-state index contributed by atoms with van der Waals surface area (Å²) in [6.45, 7) is 8.83. The van der Waals surface area contributed by atoms with Crippen molar-refractivity contribution >= 4 is 5.82 Å². The topological polar surface area (TPSA) is 47.0 Å². The van der Waals surface area contributed by atoms with Crippen LogP contribution in [0, 0.1) is 13.8 Å². The van der Waals surface area contributed by atoms with Crippen LogP contribution in [0.1, 0.15) is 30.8 Å². The monoisotopic (exact) mass is 271 g/mol. The SMILES string of the molecule is CCNc1nc(C)nc(Oc2ccc(CC)cc2)c1C. The van der Waals surface area contributed by atoms with Crippen LogP contribution in [0.2, 0.25) is 0 Å². The Balaban J connectivity index is 2.27. The minimum Gasteiger partial charge on any atom is -0.439 e. The minimum atomic E-state index is 0.609. The number of benzene rings is 1. The van der Waals surface area contributed by atoms with Crippen molar-refractivity contribution in [3.63, 3.8) is 0 Å². The summed E-state index contributed by atoms with van der Waals surface area (Å²) in [5.41, 5.74) is 2.22. The molecule has 0 aliphatic heterocycles. The van der Waals surface area contributed by atoms with Crippen LogP contribution in [-0.4, -0.2) is 16.5 Å². The third-order valence-corrected chi connectivity index (χ3v) is 3.10. The summed E-state index contributed by atoms with van der Waals surface area (Å²) in [6.07, 6.45) is 1.02. The lowest BCUT2D eigenvalue weighted by Crippen LogP contribution is -2.06. The maximum Gasteiger partial charge on any atom is 0.227 e. The van der Waals surface area contributed by atoms with Crippen LogP contribution in [0.3, 0.4) is 0 Å². The maximum absolute atomic E-state index is 5.89. The Morgan fingerprint density at radius 1 is 1.05 bits per heavy atom. The van der Waals surface area contributed by atoms with Gasteiger partial charge in [0.05, 0.1) is 5.56 Å². The molecule has 0 radical (unpaired) electrons. The van der Waals surface area contributed by atoms with E-state index in [1.165, 1.54) is 5.56 Å². The fourth-order valence-corrected chi connectivity index (χ4v) is 1.95. The summed E-state index contributed by atoms with van der Waals surface area (Å²) in [5.74, 6) is 2.94. The minimum absolute atomic E-state index is 0.609. The lowest BCUT2D eigenvalue weighted by Gasteiger charge is -2.12. The Morgan fingerprint density at radius 2 is 1.75 bits per heavy atom. The van der Waals surface area contributed by atoms with Gasteiger partial charge in [-0.15, -0.1) is 0 Å². The molecule has 4 nitrogen and oxygen atoms in total. The molecule has 0 bridgehead atoms. The van der Waals surface area contributed by atoms with Crippen LogP contribution in [0.5, 0.6) is 11.6 Å². The van der Waals surface area contributed by atoms with Gasteiger partial charge in [0, 0.05) is 6.54 Å². The van der Waals surface area contributed by atoms with Crippen molar-refractivity contribution in [2.75, 3.05) is 11.9 Å². The number of aryl methyl sites for hydroxylation is 2. The first-order chi connectivity index (χ1) is 9.63. The molecule has 0 saturated carbocycles. The Morgan fingerprint density at radius 3 is 2.35 bits per heavy atom. The first kappa shape index (κ1) is 14.3. The molecule has 106 valence electrons. The molecule has 2 rings (SSSR count). The average Bonchev–Trinajstić information content (AvgIpc) is 2.45. The van der Waals surface area contributed by atoms with Crippen molar-refractivity contribution in [3.8, 4) is 11.6 Å². The summed E-state index contributed by atoms with van der Waals surface area (Å²) in [6, 6.07) is 8.10. The Hall–Kier alpha value is -2.10. The lowest BCUT2D eigenvalue weighted by molar-refractivity contribution is 0.456.